The maximum absolute atomic E-state index is 11.5. The zero-order valence-electron chi connectivity index (χ0n) is 15.4. The Balaban J connectivity index is 1.57. The first-order valence-corrected chi connectivity index (χ1v) is 10.7. The van der Waals surface area contributed by atoms with Crippen LogP contribution in [0.3, 0.4) is 0 Å². The summed E-state index contributed by atoms with van der Waals surface area (Å²) < 4.78 is 6.37. The van der Waals surface area contributed by atoms with Gasteiger partial charge in [-0.05, 0) is 55.9 Å². The predicted octanol–water partition coefficient (Wildman–Crippen LogP) is 4.33. The number of nitrogens with two attached hydrogens (primary N) is 1. The van der Waals surface area contributed by atoms with Crippen LogP contribution in [-0.4, -0.2) is 22.0 Å². The molecule has 2 aliphatic carbocycles. The van der Waals surface area contributed by atoms with Crippen molar-refractivity contribution >= 4 is 27.5 Å². The molecule has 1 amide bonds. The van der Waals surface area contributed by atoms with Crippen LogP contribution in [0.4, 0.5) is 0 Å². The molecule has 4 rings (SSSR count). The highest BCUT2D eigenvalue weighted by molar-refractivity contribution is 7.19. The van der Waals surface area contributed by atoms with Crippen molar-refractivity contribution in [1.29, 1.82) is 0 Å². The second-order valence-corrected chi connectivity index (χ2v) is 8.84. The third-order valence-electron chi connectivity index (χ3n) is 5.91. The van der Waals surface area contributed by atoms with Crippen LogP contribution >= 0.6 is 11.3 Å². The quantitative estimate of drug-likeness (QED) is 0.817. The summed E-state index contributed by atoms with van der Waals surface area (Å²) in [5.74, 6) is 1.51. The molecule has 140 valence electrons. The number of hydrogen-bond acceptors (Lipinski definition) is 5. The molecule has 2 aromatic rings. The summed E-state index contributed by atoms with van der Waals surface area (Å²) in [6, 6.07) is 0. The minimum absolute atomic E-state index is 0.185. The summed E-state index contributed by atoms with van der Waals surface area (Å²) >= 11 is 1.72. The highest BCUT2D eigenvalue weighted by Gasteiger charge is 2.32. The van der Waals surface area contributed by atoms with E-state index < -0.39 is 0 Å². The molecule has 1 fully saturated rings. The van der Waals surface area contributed by atoms with Crippen molar-refractivity contribution in [3.05, 3.63) is 16.8 Å². The Hall–Kier alpha value is -1.69. The molecule has 2 N–H and O–H groups in total. The number of carbonyl (C=O) groups excluding carboxylic acids is 1. The fourth-order valence-corrected chi connectivity index (χ4v) is 5.91. The van der Waals surface area contributed by atoms with E-state index in [1.165, 1.54) is 36.1 Å². The Labute approximate surface area is 158 Å². The van der Waals surface area contributed by atoms with Crippen molar-refractivity contribution in [3.8, 4) is 5.88 Å². The topological polar surface area (TPSA) is 78.1 Å². The van der Waals surface area contributed by atoms with Gasteiger partial charge in [0.2, 0.25) is 11.8 Å². The number of fused-ring (bicyclic) bond motifs is 3. The lowest BCUT2D eigenvalue weighted by Gasteiger charge is -2.28. The molecule has 0 saturated heterocycles. The van der Waals surface area contributed by atoms with Crippen molar-refractivity contribution in [3.63, 3.8) is 0 Å². The number of ether oxygens (including phenoxy) is 1. The highest BCUT2D eigenvalue weighted by Crippen LogP contribution is 2.47. The van der Waals surface area contributed by atoms with Crippen LogP contribution in [0.5, 0.6) is 5.88 Å². The zero-order valence-corrected chi connectivity index (χ0v) is 16.2. The van der Waals surface area contributed by atoms with E-state index in [9.17, 15) is 4.79 Å². The molecule has 2 aliphatic rings. The smallest absolute Gasteiger partial charge is 0.225 e. The van der Waals surface area contributed by atoms with Gasteiger partial charge in [0, 0.05) is 11.3 Å². The van der Waals surface area contributed by atoms with Crippen molar-refractivity contribution in [2.45, 2.75) is 76.7 Å². The van der Waals surface area contributed by atoms with E-state index in [0.29, 0.717) is 12.3 Å². The molecule has 0 aromatic carbocycles. The Kier molecular flexibility index (Phi) is 5.11. The number of nitrogens with zero attached hydrogens (tertiary/aromatic N) is 2. The number of amides is 1. The Bertz CT molecular complexity index is 796. The molecule has 0 spiro atoms. The molecule has 0 unspecified atom stereocenters. The molecule has 2 aromatic heterocycles. The molecular weight excluding hydrogens is 346 g/mol. The van der Waals surface area contributed by atoms with Crippen LogP contribution in [0.25, 0.3) is 10.2 Å². The normalized spacial score (nSPS) is 25.3. The van der Waals surface area contributed by atoms with Gasteiger partial charge in [0.15, 0.2) is 0 Å². The van der Waals surface area contributed by atoms with Crippen LogP contribution in [0.1, 0.15) is 74.6 Å². The minimum Gasteiger partial charge on any atom is -0.474 e. The predicted molar refractivity (Wildman–Crippen MR) is 104 cm³/mol. The maximum Gasteiger partial charge on any atom is 0.225 e. The number of thiophene rings is 1. The summed E-state index contributed by atoms with van der Waals surface area (Å²) in [4.78, 5) is 22.7. The first-order valence-electron chi connectivity index (χ1n) is 9.87. The van der Waals surface area contributed by atoms with Gasteiger partial charge in [0.05, 0.1) is 5.39 Å². The Morgan fingerprint density at radius 2 is 2.08 bits per heavy atom. The van der Waals surface area contributed by atoms with Crippen LogP contribution in [0.2, 0.25) is 0 Å². The SMILES string of the molecule is CCCC1CCC(Oc2ncnc3sc4c(c23)[C@@H](CC(N)=O)CC4)CC1. The van der Waals surface area contributed by atoms with Crippen LogP contribution in [0.15, 0.2) is 6.33 Å². The summed E-state index contributed by atoms with van der Waals surface area (Å²) in [7, 11) is 0. The molecule has 2 heterocycles. The molecule has 26 heavy (non-hydrogen) atoms. The molecule has 1 saturated carbocycles. The summed E-state index contributed by atoms with van der Waals surface area (Å²) in [5, 5.41) is 1.03. The lowest BCUT2D eigenvalue weighted by Crippen LogP contribution is -2.24. The van der Waals surface area contributed by atoms with Gasteiger partial charge in [0.25, 0.3) is 0 Å². The van der Waals surface area contributed by atoms with Crippen LogP contribution in [-0.2, 0) is 11.2 Å². The summed E-state index contributed by atoms with van der Waals surface area (Å²) in [5.41, 5.74) is 6.69. The fraction of sp³-hybridized carbons (Fsp3) is 0.650. The second-order valence-electron chi connectivity index (χ2n) is 7.75. The lowest BCUT2D eigenvalue weighted by molar-refractivity contribution is -0.118. The molecule has 1 atom stereocenters. The Morgan fingerprint density at radius 3 is 2.81 bits per heavy atom. The Morgan fingerprint density at radius 1 is 1.27 bits per heavy atom. The maximum atomic E-state index is 11.5. The van der Waals surface area contributed by atoms with E-state index >= 15 is 0 Å². The van der Waals surface area contributed by atoms with E-state index in [-0.39, 0.29) is 17.9 Å². The van der Waals surface area contributed by atoms with Crippen molar-refractivity contribution < 1.29 is 9.53 Å². The zero-order chi connectivity index (χ0) is 18.1. The first-order chi connectivity index (χ1) is 12.7. The number of aromatic nitrogens is 2. The van der Waals surface area contributed by atoms with E-state index in [0.717, 1.165) is 41.8 Å². The van der Waals surface area contributed by atoms with Gasteiger partial charge in [-0.2, -0.15) is 0 Å². The van der Waals surface area contributed by atoms with Gasteiger partial charge >= 0.3 is 0 Å². The molecule has 0 radical (unpaired) electrons. The minimum atomic E-state index is -0.240. The van der Waals surface area contributed by atoms with Crippen LogP contribution < -0.4 is 10.5 Å². The van der Waals surface area contributed by atoms with Crippen LogP contribution in [0, 0.1) is 5.92 Å². The summed E-state index contributed by atoms with van der Waals surface area (Å²) in [6.07, 6.45) is 11.5. The van der Waals surface area contributed by atoms with E-state index in [4.69, 9.17) is 10.5 Å². The van der Waals surface area contributed by atoms with Gasteiger partial charge in [-0.1, -0.05) is 19.8 Å². The molecule has 0 aliphatic heterocycles. The number of carbonyl (C=O) groups is 1. The number of aryl methyl sites for hydroxylation is 1. The van der Waals surface area contributed by atoms with Gasteiger partial charge in [-0.15, -0.1) is 11.3 Å². The molecule has 6 heteroatoms. The number of rotatable bonds is 6. The van der Waals surface area contributed by atoms with Gasteiger partial charge in [-0.25, -0.2) is 9.97 Å². The third-order valence-corrected chi connectivity index (χ3v) is 7.09. The van der Waals surface area contributed by atoms with Crippen molar-refractivity contribution in [1.82, 2.24) is 9.97 Å². The average molecular weight is 374 g/mol. The van der Waals surface area contributed by atoms with E-state index in [1.54, 1.807) is 17.7 Å². The van der Waals surface area contributed by atoms with E-state index in [2.05, 4.69) is 16.9 Å². The largest absolute Gasteiger partial charge is 0.474 e. The van der Waals surface area contributed by atoms with Gasteiger partial charge < -0.3 is 10.5 Å². The fourth-order valence-electron chi connectivity index (χ4n) is 4.68. The lowest BCUT2D eigenvalue weighted by atomic mass is 9.85. The van der Waals surface area contributed by atoms with Gasteiger partial charge in [0.1, 0.15) is 17.3 Å². The molecular formula is C20H27N3O2S. The van der Waals surface area contributed by atoms with E-state index in [1.807, 2.05) is 0 Å². The van der Waals surface area contributed by atoms with Crippen molar-refractivity contribution in [2.24, 2.45) is 11.7 Å². The highest BCUT2D eigenvalue weighted by atomic mass is 32.1. The monoisotopic (exact) mass is 373 g/mol. The standard InChI is InChI=1S/C20H27N3O2S/c1-2-3-12-4-7-14(8-5-12)25-19-18-17-13(10-16(21)24)6-9-15(17)26-20(18)23-11-22-19/h11-14H,2-10H2,1H3,(H2,21,24)/t12?,13-,14?/m1/s1. The second kappa shape index (κ2) is 7.51. The molecule has 0 bridgehead atoms. The van der Waals surface area contributed by atoms with Gasteiger partial charge in [-0.3, -0.25) is 4.79 Å². The first kappa shape index (κ1) is 17.7. The van der Waals surface area contributed by atoms with Crippen molar-refractivity contribution in [2.75, 3.05) is 0 Å². The molecule has 5 nitrogen and oxygen atoms in total. The summed E-state index contributed by atoms with van der Waals surface area (Å²) in [6.45, 7) is 2.26. The third kappa shape index (κ3) is 3.43. The number of primary amides is 1. The average Bonchev–Trinajstić information content (AvgIpc) is 3.17. The number of hydrogen-bond donors (Lipinski definition) is 1.